The van der Waals surface area contributed by atoms with Crippen molar-refractivity contribution in [3.05, 3.63) is 30.0 Å². The summed E-state index contributed by atoms with van der Waals surface area (Å²) < 4.78 is 16.0. The first-order valence-electron chi connectivity index (χ1n) is 5.71. The molecule has 2 heterocycles. The summed E-state index contributed by atoms with van der Waals surface area (Å²) >= 11 is 0. The smallest absolute Gasteiger partial charge is 0.128 e. The fourth-order valence-corrected chi connectivity index (χ4v) is 1.89. The number of rotatable bonds is 5. The molecule has 1 aromatic carbocycles. The van der Waals surface area contributed by atoms with Crippen molar-refractivity contribution in [3.63, 3.8) is 0 Å². The molecular formula is C13H15NO3. The molecule has 0 saturated carbocycles. The summed E-state index contributed by atoms with van der Waals surface area (Å²) in [4.78, 5) is 3.30. The average Bonchev–Trinajstić information content (AvgIpc) is 3.06. The van der Waals surface area contributed by atoms with Crippen LogP contribution in [0.4, 0.5) is 0 Å². The van der Waals surface area contributed by atoms with Crippen LogP contribution in [0, 0.1) is 0 Å². The van der Waals surface area contributed by atoms with Gasteiger partial charge in [-0.05, 0) is 18.2 Å². The fraction of sp³-hybridized carbons (Fsp3) is 0.385. The van der Waals surface area contributed by atoms with Crippen molar-refractivity contribution < 1.29 is 14.2 Å². The van der Waals surface area contributed by atoms with Crippen LogP contribution in [0.1, 0.15) is 5.69 Å². The molecule has 4 nitrogen and oxygen atoms in total. The number of epoxide rings is 1. The lowest BCUT2D eigenvalue weighted by atomic mass is 10.2. The summed E-state index contributed by atoms with van der Waals surface area (Å²) in [6.45, 7) is 2.03. The fourth-order valence-electron chi connectivity index (χ4n) is 1.89. The Kier molecular flexibility index (Phi) is 2.74. The minimum absolute atomic E-state index is 0.280. The van der Waals surface area contributed by atoms with Gasteiger partial charge in [0.25, 0.3) is 0 Å². The Morgan fingerprint density at radius 1 is 1.47 bits per heavy atom. The zero-order chi connectivity index (χ0) is 11.7. The predicted octanol–water partition coefficient (Wildman–Crippen LogP) is 2.09. The van der Waals surface area contributed by atoms with Gasteiger partial charge < -0.3 is 19.2 Å². The maximum absolute atomic E-state index is 5.75. The number of hydrogen-bond acceptors (Lipinski definition) is 3. The van der Waals surface area contributed by atoms with Crippen molar-refractivity contribution in [2.45, 2.75) is 12.7 Å². The van der Waals surface area contributed by atoms with Crippen LogP contribution in [0.2, 0.25) is 0 Å². The molecule has 0 bridgehead atoms. The Bertz CT molecular complexity index is 516. The van der Waals surface area contributed by atoms with Crippen LogP contribution in [0.15, 0.2) is 24.3 Å². The van der Waals surface area contributed by atoms with E-state index in [1.54, 1.807) is 7.11 Å². The molecule has 0 spiro atoms. The van der Waals surface area contributed by atoms with Gasteiger partial charge in [0.05, 0.1) is 13.2 Å². The number of methoxy groups -OCH3 is 1. The number of ether oxygens (including phenoxy) is 3. The molecule has 1 aliphatic rings. The first-order chi connectivity index (χ1) is 8.36. The van der Waals surface area contributed by atoms with E-state index in [0.29, 0.717) is 13.2 Å². The highest BCUT2D eigenvalue weighted by Crippen LogP contribution is 2.27. The number of aromatic amines is 1. The van der Waals surface area contributed by atoms with E-state index in [-0.39, 0.29) is 6.10 Å². The molecule has 0 aliphatic carbocycles. The Hall–Kier alpha value is -1.52. The molecule has 0 amide bonds. The summed E-state index contributed by atoms with van der Waals surface area (Å²) in [6, 6.07) is 8.07. The third kappa shape index (κ3) is 2.28. The lowest BCUT2D eigenvalue weighted by Crippen LogP contribution is -2.03. The lowest BCUT2D eigenvalue weighted by molar-refractivity contribution is 0.182. The zero-order valence-corrected chi connectivity index (χ0v) is 9.73. The SMILES string of the molecule is COCc1cc2c(OCC3CO3)cccc2[nH]1. The summed E-state index contributed by atoms with van der Waals surface area (Å²) in [5, 5.41) is 1.10. The molecule has 17 heavy (non-hydrogen) atoms. The molecule has 1 unspecified atom stereocenters. The van der Waals surface area contributed by atoms with Gasteiger partial charge in [0.1, 0.15) is 18.5 Å². The van der Waals surface area contributed by atoms with Crippen LogP contribution in [-0.4, -0.2) is 31.4 Å². The highest BCUT2D eigenvalue weighted by Gasteiger charge is 2.23. The van der Waals surface area contributed by atoms with Crippen LogP contribution >= 0.6 is 0 Å². The van der Waals surface area contributed by atoms with Crippen molar-refractivity contribution in [3.8, 4) is 5.75 Å². The average molecular weight is 233 g/mol. The maximum Gasteiger partial charge on any atom is 0.128 e. The largest absolute Gasteiger partial charge is 0.490 e. The number of aromatic nitrogens is 1. The number of H-pyrrole nitrogens is 1. The molecule has 1 aromatic heterocycles. The minimum Gasteiger partial charge on any atom is -0.490 e. The van der Waals surface area contributed by atoms with E-state index < -0.39 is 0 Å². The molecular weight excluding hydrogens is 218 g/mol. The van der Waals surface area contributed by atoms with Gasteiger partial charge in [-0.15, -0.1) is 0 Å². The highest BCUT2D eigenvalue weighted by atomic mass is 16.6. The molecule has 1 atom stereocenters. The van der Waals surface area contributed by atoms with E-state index in [0.717, 1.165) is 29.0 Å². The van der Waals surface area contributed by atoms with Gasteiger partial charge in [0.2, 0.25) is 0 Å². The van der Waals surface area contributed by atoms with Crippen LogP contribution in [0.5, 0.6) is 5.75 Å². The van der Waals surface area contributed by atoms with Gasteiger partial charge in [-0.3, -0.25) is 0 Å². The standard InChI is InChI=1S/C13H15NO3/c1-15-6-9-5-11-12(14-9)3-2-4-13(11)17-8-10-7-16-10/h2-5,10,14H,6-8H2,1H3. The minimum atomic E-state index is 0.280. The Balaban J connectivity index is 1.87. The van der Waals surface area contributed by atoms with Gasteiger partial charge in [-0.25, -0.2) is 0 Å². The molecule has 4 heteroatoms. The van der Waals surface area contributed by atoms with Crippen LogP contribution in [-0.2, 0) is 16.1 Å². The van der Waals surface area contributed by atoms with Crippen molar-refractivity contribution in [2.75, 3.05) is 20.3 Å². The highest BCUT2D eigenvalue weighted by molar-refractivity contribution is 5.86. The van der Waals surface area contributed by atoms with Crippen LogP contribution < -0.4 is 4.74 Å². The van der Waals surface area contributed by atoms with Gasteiger partial charge in [-0.2, -0.15) is 0 Å². The van der Waals surface area contributed by atoms with E-state index in [2.05, 4.69) is 11.1 Å². The molecule has 1 fully saturated rings. The maximum atomic E-state index is 5.75. The number of nitrogens with one attached hydrogen (secondary N) is 1. The number of benzene rings is 1. The molecule has 1 saturated heterocycles. The van der Waals surface area contributed by atoms with Gasteiger partial charge in [0.15, 0.2) is 0 Å². The first-order valence-corrected chi connectivity index (χ1v) is 5.71. The Labute approximate surface area is 99.5 Å². The lowest BCUT2D eigenvalue weighted by Gasteiger charge is -2.04. The first kappa shape index (κ1) is 10.6. The second-order valence-electron chi connectivity index (χ2n) is 4.21. The van der Waals surface area contributed by atoms with E-state index in [1.165, 1.54) is 0 Å². The molecule has 90 valence electrons. The van der Waals surface area contributed by atoms with Crippen molar-refractivity contribution >= 4 is 10.9 Å². The van der Waals surface area contributed by atoms with E-state index in [1.807, 2.05) is 18.2 Å². The summed E-state index contributed by atoms with van der Waals surface area (Å²) in [6.07, 6.45) is 0.280. The second-order valence-corrected chi connectivity index (χ2v) is 4.21. The van der Waals surface area contributed by atoms with E-state index >= 15 is 0 Å². The number of hydrogen-bond donors (Lipinski definition) is 1. The van der Waals surface area contributed by atoms with Crippen molar-refractivity contribution in [1.82, 2.24) is 4.98 Å². The topological polar surface area (TPSA) is 46.8 Å². The molecule has 1 N–H and O–H groups in total. The molecule has 3 rings (SSSR count). The van der Waals surface area contributed by atoms with Crippen molar-refractivity contribution in [2.24, 2.45) is 0 Å². The zero-order valence-electron chi connectivity index (χ0n) is 9.73. The monoisotopic (exact) mass is 233 g/mol. The third-order valence-corrected chi connectivity index (χ3v) is 2.81. The van der Waals surface area contributed by atoms with Gasteiger partial charge in [0, 0.05) is 23.7 Å². The van der Waals surface area contributed by atoms with Crippen LogP contribution in [0.3, 0.4) is 0 Å². The predicted molar refractivity (Wildman–Crippen MR) is 64.2 cm³/mol. The Morgan fingerprint density at radius 3 is 3.12 bits per heavy atom. The van der Waals surface area contributed by atoms with Crippen molar-refractivity contribution in [1.29, 1.82) is 0 Å². The molecule has 2 aromatic rings. The summed E-state index contributed by atoms with van der Waals surface area (Å²) in [5.41, 5.74) is 2.13. The van der Waals surface area contributed by atoms with Gasteiger partial charge >= 0.3 is 0 Å². The van der Waals surface area contributed by atoms with Crippen LogP contribution in [0.25, 0.3) is 10.9 Å². The van der Waals surface area contributed by atoms with E-state index in [9.17, 15) is 0 Å². The normalized spacial score (nSPS) is 18.5. The Morgan fingerprint density at radius 2 is 2.35 bits per heavy atom. The molecule has 1 aliphatic heterocycles. The van der Waals surface area contributed by atoms with E-state index in [4.69, 9.17) is 14.2 Å². The quantitative estimate of drug-likeness (QED) is 0.804. The van der Waals surface area contributed by atoms with Gasteiger partial charge in [-0.1, -0.05) is 6.07 Å². The summed E-state index contributed by atoms with van der Waals surface area (Å²) in [7, 11) is 1.69. The molecule has 0 radical (unpaired) electrons. The second kappa shape index (κ2) is 4.39. The number of fused-ring (bicyclic) bond motifs is 1. The third-order valence-electron chi connectivity index (χ3n) is 2.81. The summed E-state index contributed by atoms with van der Waals surface area (Å²) in [5.74, 6) is 0.900.